The fourth-order valence-corrected chi connectivity index (χ4v) is 1.55. The van der Waals surface area contributed by atoms with Gasteiger partial charge >= 0.3 is 0 Å². The third-order valence-corrected chi connectivity index (χ3v) is 2.59. The second kappa shape index (κ2) is 4.13. The fraction of sp³-hybridized carbons (Fsp3) is 0.333. The zero-order valence-electron chi connectivity index (χ0n) is 8.41. The molecule has 0 saturated carbocycles. The topological polar surface area (TPSA) is 32.3 Å². The van der Waals surface area contributed by atoms with Gasteiger partial charge in [0.2, 0.25) is 0 Å². The summed E-state index contributed by atoms with van der Waals surface area (Å²) in [5.41, 5.74) is 0.378. The monoisotopic (exact) mass is 207 g/mol. The number of nitrogens with one attached hydrogen (secondary N) is 1. The molecular formula is C12H14FNO. The molecule has 0 aliphatic carbocycles. The fourth-order valence-electron chi connectivity index (χ4n) is 1.55. The van der Waals surface area contributed by atoms with Gasteiger partial charge in [-0.15, -0.1) is 0 Å². The molecule has 1 aromatic carbocycles. The predicted octanol–water partition coefficient (Wildman–Crippen LogP) is 1.56. The highest BCUT2D eigenvalue weighted by molar-refractivity contribution is 5.49. The van der Waals surface area contributed by atoms with Crippen molar-refractivity contribution in [2.24, 2.45) is 0 Å². The van der Waals surface area contributed by atoms with Crippen molar-refractivity contribution >= 4 is 6.08 Å². The van der Waals surface area contributed by atoms with E-state index in [0.717, 1.165) is 5.56 Å². The van der Waals surface area contributed by atoms with Gasteiger partial charge in [-0.2, -0.15) is 0 Å². The van der Waals surface area contributed by atoms with Gasteiger partial charge in [-0.3, -0.25) is 0 Å². The van der Waals surface area contributed by atoms with Gasteiger partial charge in [-0.1, -0.05) is 24.3 Å². The van der Waals surface area contributed by atoms with Crippen LogP contribution in [0.15, 0.2) is 30.3 Å². The van der Waals surface area contributed by atoms with Gasteiger partial charge in [0.25, 0.3) is 0 Å². The van der Waals surface area contributed by atoms with E-state index in [9.17, 15) is 9.50 Å². The van der Waals surface area contributed by atoms with Crippen molar-refractivity contribution < 1.29 is 9.50 Å². The minimum Gasteiger partial charge on any atom is -0.387 e. The quantitative estimate of drug-likeness (QED) is 0.788. The molecule has 0 amide bonds. The number of hydrogen-bond acceptors (Lipinski definition) is 2. The largest absolute Gasteiger partial charge is 0.387 e. The smallest absolute Gasteiger partial charge is 0.123 e. The number of halogens is 1. The first-order valence-corrected chi connectivity index (χ1v) is 5.03. The van der Waals surface area contributed by atoms with Crippen LogP contribution in [-0.4, -0.2) is 23.8 Å². The molecule has 1 aliphatic heterocycles. The van der Waals surface area contributed by atoms with E-state index in [1.165, 1.54) is 12.1 Å². The number of β-amino-alcohol motifs (C(OH)–C–C–N with tert-alkyl or cyclic N) is 1. The molecule has 0 spiro atoms. The molecule has 1 aromatic rings. The van der Waals surface area contributed by atoms with E-state index in [0.29, 0.717) is 19.5 Å². The van der Waals surface area contributed by atoms with Crippen LogP contribution in [0, 0.1) is 5.82 Å². The van der Waals surface area contributed by atoms with Crippen LogP contribution < -0.4 is 5.32 Å². The summed E-state index contributed by atoms with van der Waals surface area (Å²) in [5, 5.41) is 12.8. The van der Waals surface area contributed by atoms with Crippen LogP contribution in [0.3, 0.4) is 0 Å². The molecular weight excluding hydrogens is 193 g/mol. The van der Waals surface area contributed by atoms with E-state index in [4.69, 9.17) is 0 Å². The van der Waals surface area contributed by atoms with Gasteiger partial charge in [-0.25, -0.2) is 4.39 Å². The Bertz CT molecular complexity index is 354. The lowest BCUT2D eigenvalue weighted by Crippen LogP contribution is -2.59. The Balaban J connectivity index is 1.91. The minimum atomic E-state index is -0.573. The summed E-state index contributed by atoms with van der Waals surface area (Å²) in [6, 6.07) is 6.29. The van der Waals surface area contributed by atoms with Gasteiger partial charge in [-0.05, 0) is 24.1 Å². The lowest BCUT2D eigenvalue weighted by atomic mass is 9.93. The predicted molar refractivity (Wildman–Crippen MR) is 57.9 cm³/mol. The molecule has 0 unspecified atom stereocenters. The second-order valence-corrected chi connectivity index (χ2v) is 3.99. The average Bonchev–Trinajstić information content (AvgIpc) is 2.19. The first-order valence-electron chi connectivity index (χ1n) is 5.03. The Labute approximate surface area is 88.4 Å². The summed E-state index contributed by atoms with van der Waals surface area (Å²) in [7, 11) is 0. The molecule has 0 aromatic heterocycles. The first-order chi connectivity index (χ1) is 7.18. The molecule has 1 fully saturated rings. The molecule has 0 bridgehead atoms. The lowest BCUT2D eigenvalue weighted by molar-refractivity contribution is -0.00644. The van der Waals surface area contributed by atoms with Gasteiger partial charge < -0.3 is 10.4 Å². The Morgan fingerprint density at radius 3 is 2.53 bits per heavy atom. The van der Waals surface area contributed by atoms with Crippen LogP contribution in [0.5, 0.6) is 0 Å². The molecule has 2 N–H and O–H groups in total. The van der Waals surface area contributed by atoms with E-state index in [1.807, 2.05) is 12.2 Å². The number of rotatable bonds is 3. The van der Waals surface area contributed by atoms with Gasteiger partial charge in [0.05, 0.1) is 5.60 Å². The van der Waals surface area contributed by atoms with E-state index >= 15 is 0 Å². The standard InChI is InChI=1S/C12H14FNO/c13-11-5-3-10(4-6-11)2-1-7-12(15)8-14-9-12/h1-6,14-15H,7-9H2/b2-1+. The molecule has 2 nitrogen and oxygen atoms in total. The summed E-state index contributed by atoms with van der Waals surface area (Å²) in [6.45, 7) is 1.31. The Hall–Kier alpha value is -1.19. The highest BCUT2D eigenvalue weighted by Gasteiger charge is 2.32. The number of aliphatic hydroxyl groups is 1. The maximum Gasteiger partial charge on any atom is 0.123 e. The highest BCUT2D eigenvalue weighted by atomic mass is 19.1. The molecule has 2 rings (SSSR count). The molecule has 1 aliphatic rings. The summed E-state index contributed by atoms with van der Waals surface area (Å²) in [5.74, 6) is -0.228. The van der Waals surface area contributed by atoms with Crippen molar-refractivity contribution in [1.82, 2.24) is 5.32 Å². The summed E-state index contributed by atoms with van der Waals surface area (Å²) in [4.78, 5) is 0. The molecule has 1 heterocycles. The van der Waals surface area contributed by atoms with E-state index in [-0.39, 0.29) is 5.82 Å². The molecule has 1 saturated heterocycles. The Morgan fingerprint density at radius 1 is 1.33 bits per heavy atom. The summed E-state index contributed by atoms with van der Waals surface area (Å²) in [6.07, 6.45) is 4.46. The van der Waals surface area contributed by atoms with Crippen LogP contribution in [0.1, 0.15) is 12.0 Å². The van der Waals surface area contributed by atoms with Crippen molar-refractivity contribution in [1.29, 1.82) is 0 Å². The van der Waals surface area contributed by atoms with Gasteiger partial charge in [0.15, 0.2) is 0 Å². The van der Waals surface area contributed by atoms with Crippen LogP contribution in [0.25, 0.3) is 6.08 Å². The van der Waals surface area contributed by atoms with Crippen molar-refractivity contribution in [3.63, 3.8) is 0 Å². The molecule has 0 atom stereocenters. The van der Waals surface area contributed by atoms with E-state index < -0.39 is 5.60 Å². The number of benzene rings is 1. The third-order valence-electron chi connectivity index (χ3n) is 2.59. The van der Waals surface area contributed by atoms with Crippen molar-refractivity contribution in [3.05, 3.63) is 41.7 Å². The molecule has 80 valence electrons. The van der Waals surface area contributed by atoms with E-state index in [1.54, 1.807) is 12.1 Å². The Kier molecular flexibility index (Phi) is 2.84. The number of hydrogen-bond donors (Lipinski definition) is 2. The zero-order chi connectivity index (χ0) is 10.7. The van der Waals surface area contributed by atoms with Gasteiger partial charge in [0.1, 0.15) is 5.82 Å². The Morgan fingerprint density at radius 2 is 2.00 bits per heavy atom. The molecule has 15 heavy (non-hydrogen) atoms. The summed E-state index contributed by atoms with van der Waals surface area (Å²) < 4.78 is 12.6. The average molecular weight is 207 g/mol. The maximum absolute atomic E-state index is 12.6. The first kappa shape index (κ1) is 10.3. The van der Waals surface area contributed by atoms with Crippen LogP contribution >= 0.6 is 0 Å². The van der Waals surface area contributed by atoms with Gasteiger partial charge in [0, 0.05) is 13.1 Å². The van der Waals surface area contributed by atoms with E-state index in [2.05, 4.69) is 5.32 Å². The third kappa shape index (κ3) is 2.64. The molecule has 0 radical (unpaired) electrons. The SMILES string of the molecule is OC1(C/C=C/c2ccc(F)cc2)CNC1. The van der Waals surface area contributed by atoms with Crippen LogP contribution in [0.2, 0.25) is 0 Å². The van der Waals surface area contributed by atoms with Crippen molar-refractivity contribution in [2.75, 3.05) is 13.1 Å². The maximum atomic E-state index is 12.6. The van der Waals surface area contributed by atoms with Crippen LogP contribution in [0.4, 0.5) is 4.39 Å². The van der Waals surface area contributed by atoms with Crippen molar-refractivity contribution in [3.8, 4) is 0 Å². The summed E-state index contributed by atoms with van der Waals surface area (Å²) >= 11 is 0. The zero-order valence-corrected chi connectivity index (χ0v) is 8.41. The normalized spacial score (nSPS) is 19.1. The minimum absolute atomic E-state index is 0.228. The van der Waals surface area contributed by atoms with Crippen molar-refractivity contribution in [2.45, 2.75) is 12.0 Å². The molecule has 3 heteroatoms. The van der Waals surface area contributed by atoms with Crippen LogP contribution in [-0.2, 0) is 0 Å². The second-order valence-electron chi connectivity index (χ2n) is 3.99. The lowest BCUT2D eigenvalue weighted by Gasteiger charge is -2.36. The highest BCUT2D eigenvalue weighted by Crippen LogP contribution is 2.16.